The van der Waals surface area contributed by atoms with Crippen molar-refractivity contribution in [2.24, 2.45) is 5.84 Å². The summed E-state index contributed by atoms with van der Waals surface area (Å²) in [6.45, 7) is 1.63. The van der Waals surface area contributed by atoms with Gasteiger partial charge in [0.25, 0.3) is 0 Å². The van der Waals surface area contributed by atoms with Gasteiger partial charge in [0.1, 0.15) is 11.9 Å². The van der Waals surface area contributed by atoms with Crippen molar-refractivity contribution in [1.82, 2.24) is 10.4 Å². The van der Waals surface area contributed by atoms with Gasteiger partial charge in [-0.25, -0.2) is 10.4 Å². The lowest BCUT2D eigenvalue weighted by Crippen LogP contribution is -2.38. The summed E-state index contributed by atoms with van der Waals surface area (Å²) in [6, 6.07) is -0.00793. The molecule has 0 saturated heterocycles. The Balaban J connectivity index is 3.24. The minimum absolute atomic E-state index is 0.0155. The molecule has 0 aliphatic rings. The highest BCUT2D eigenvalue weighted by molar-refractivity contribution is 6.22. The van der Waals surface area contributed by atoms with Gasteiger partial charge in [0.2, 0.25) is 0 Å². The monoisotopic (exact) mass is 236 g/mol. The van der Waals surface area contributed by atoms with E-state index in [-0.39, 0.29) is 11.4 Å². The van der Waals surface area contributed by atoms with Crippen LogP contribution < -0.4 is 17.0 Å². The number of pyridine rings is 1. The molecule has 15 heavy (non-hydrogen) atoms. The van der Waals surface area contributed by atoms with E-state index >= 15 is 0 Å². The van der Waals surface area contributed by atoms with E-state index in [0.717, 1.165) is 0 Å². The number of nitrogen functional groups attached to an aromatic ring is 1. The van der Waals surface area contributed by atoms with Crippen molar-refractivity contribution >= 4 is 17.4 Å². The quantitative estimate of drug-likeness (QED) is 0.420. The van der Waals surface area contributed by atoms with Crippen molar-refractivity contribution in [3.05, 3.63) is 23.4 Å². The first-order chi connectivity index (χ1) is 6.88. The van der Waals surface area contributed by atoms with Crippen molar-refractivity contribution in [3.8, 4) is 0 Å². The van der Waals surface area contributed by atoms with Gasteiger partial charge in [0.05, 0.1) is 0 Å². The van der Waals surface area contributed by atoms with Crippen LogP contribution in [0.1, 0.15) is 17.2 Å². The molecule has 1 rings (SSSR count). The van der Waals surface area contributed by atoms with Crippen molar-refractivity contribution < 1.29 is 8.78 Å². The molecule has 4 nitrogen and oxygen atoms in total. The van der Waals surface area contributed by atoms with E-state index < -0.39 is 11.4 Å². The molecule has 1 heterocycles. The van der Waals surface area contributed by atoms with Crippen LogP contribution in [0.25, 0.3) is 0 Å². The van der Waals surface area contributed by atoms with E-state index in [0.29, 0.717) is 5.56 Å². The van der Waals surface area contributed by atoms with Crippen LogP contribution in [-0.2, 0) is 0 Å². The summed E-state index contributed by atoms with van der Waals surface area (Å²) < 4.78 is 25.9. The number of alkyl halides is 3. The number of rotatable bonds is 3. The highest BCUT2D eigenvalue weighted by Gasteiger charge is 2.39. The van der Waals surface area contributed by atoms with Gasteiger partial charge in [-0.05, 0) is 30.2 Å². The lowest BCUT2D eigenvalue weighted by atomic mass is 10.0. The third kappa shape index (κ3) is 2.53. The zero-order valence-corrected chi connectivity index (χ0v) is 8.72. The van der Waals surface area contributed by atoms with Gasteiger partial charge < -0.3 is 5.73 Å². The fourth-order valence-corrected chi connectivity index (χ4v) is 1.48. The van der Waals surface area contributed by atoms with E-state index in [4.69, 9.17) is 23.2 Å². The first kappa shape index (κ1) is 12.1. The molecule has 0 bridgehead atoms. The second kappa shape index (κ2) is 4.26. The second-order valence-corrected chi connectivity index (χ2v) is 3.57. The molecule has 0 spiro atoms. The predicted molar refractivity (Wildman–Crippen MR) is 54.3 cm³/mol. The van der Waals surface area contributed by atoms with Crippen LogP contribution in [0.5, 0.6) is 0 Å². The van der Waals surface area contributed by atoms with Crippen LogP contribution in [0, 0.1) is 6.92 Å². The summed E-state index contributed by atoms with van der Waals surface area (Å²) in [5, 5.41) is -3.53. The predicted octanol–water partition coefficient (Wildman–Crippen LogP) is 1.31. The fourth-order valence-electron chi connectivity index (χ4n) is 1.31. The van der Waals surface area contributed by atoms with Crippen molar-refractivity contribution in [2.75, 3.05) is 5.73 Å². The number of hydrazine groups is 1. The van der Waals surface area contributed by atoms with Crippen molar-refractivity contribution in [2.45, 2.75) is 18.3 Å². The molecule has 0 radical (unpaired) electrons. The zero-order chi connectivity index (χ0) is 11.6. The van der Waals surface area contributed by atoms with Gasteiger partial charge in [0.15, 0.2) is 0 Å². The van der Waals surface area contributed by atoms with E-state index in [2.05, 4.69) is 4.98 Å². The number of anilines is 1. The standard InChI is InChI=1S/C8H11ClF2N4/c1-4-2-3-14-7(12)5(4)6(15-13)8(9,10)11/h2-3,6,15H,13H2,1H3,(H2,12,14). The summed E-state index contributed by atoms with van der Waals surface area (Å²) in [6.07, 6.45) is 1.42. The van der Waals surface area contributed by atoms with Crippen LogP contribution in [0.4, 0.5) is 14.6 Å². The summed E-state index contributed by atoms with van der Waals surface area (Å²) in [5.41, 5.74) is 8.09. The van der Waals surface area contributed by atoms with E-state index in [1.54, 1.807) is 13.0 Å². The molecule has 1 aromatic rings. The van der Waals surface area contributed by atoms with Crippen molar-refractivity contribution in [3.63, 3.8) is 0 Å². The zero-order valence-electron chi connectivity index (χ0n) is 7.97. The number of hydrogen-bond donors (Lipinski definition) is 3. The lowest BCUT2D eigenvalue weighted by Gasteiger charge is -2.23. The van der Waals surface area contributed by atoms with Gasteiger partial charge in [-0.15, -0.1) is 0 Å². The van der Waals surface area contributed by atoms with Gasteiger partial charge in [-0.1, -0.05) is 0 Å². The van der Waals surface area contributed by atoms with Gasteiger partial charge >= 0.3 is 5.38 Å². The van der Waals surface area contributed by atoms with Crippen LogP contribution in [0.2, 0.25) is 0 Å². The smallest absolute Gasteiger partial charge is 0.342 e. The largest absolute Gasteiger partial charge is 0.383 e. The Morgan fingerprint density at radius 3 is 2.60 bits per heavy atom. The molecule has 0 saturated carbocycles. The SMILES string of the molecule is Cc1ccnc(N)c1C(NN)C(F)(F)Cl. The number of hydrogen-bond acceptors (Lipinski definition) is 4. The minimum Gasteiger partial charge on any atom is -0.383 e. The molecule has 1 atom stereocenters. The van der Waals surface area contributed by atoms with Gasteiger partial charge in [0, 0.05) is 11.8 Å². The highest BCUT2D eigenvalue weighted by Crippen LogP contribution is 2.37. The van der Waals surface area contributed by atoms with Gasteiger partial charge in [-0.3, -0.25) is 5.84 Å². The maximum absolute atomic E-state index is 13.0. The molecule has 0 amide bonds. The average Bonchev–Trinajstić information content (AvgIpc) is 2.09. The first-order valence-corrected chi connectivity index (χ1v) is 4.49. The first-order valence-electron chi connectivity index (χ1n) is 4.11. The number of aromatic nitrogens is 1. The summed E-state index contributed by atoms with van der Waals surface area (Å²) >= 11 is 4.92. The number of aryl methyl sites for hydroxylation is 1. The van der Waals surface area contributed by atoms with E-state index in [1.165, 1.54) is 6.20 Å². The summed E-state index contributed by atoms with van der Waals surface area (Å²) in [4.78, 5) is 3.71. The van der Waals surface area contributed by atoms with Crippen LogP contribution in [-0.4, -0.2) is 10.4 Å². The third-order valence-corrected chi connectivity index (χ3v) is 2.24. The van der Waals surface area contributed by atoms with E-state index in [1.807, 2.05) is 5.43 Å². The Morgan fingerprint density at radius 1 is 1.60 bits per heavy atom. The molecule has 0 aliphatic heterocycles. The molecular formula is C8H11ClF2N4. The highest BCUT2D eigenvalue weighted by atomic mass is 35.5. The Labute approximate surface area is 90.6 Å². The minimum atomic E-state index is -3.53. The summed E-state index contributed by atoms with van der Waals surface area (Å²) in [7, 11) is 0. The molecule has 0 fully saturated rings. The molecule has 7 heteroatoms. The van der Waals surface area contributed by atoms with Crippen LogP contribution in [0.3, 0.4) is 0 Å². The molecule has 1 aromatic heterocycles. The maximum Gasteiger partial charge on any atom is 0.342 e. The van der Waals surface area contributed by atoms with Crippen LogP contribution >= 0.6 is 11.6 Å². The van der Waals surface area contributed by atoms with Gasteiger partial charge in [-0.2, -0.15) is 8.78 Å². The third-order valence-electron chi connectivity index (χ3n) is 2.02. The molecule has 84 valence electrons. The Morgan fingerprint density at radius 2 is 2.20 bits per heavy atom. The Bertz CT molecular complexity index is 333. The fraction of sp³-hybridized carbons (Fsp3) is 0.375. The summed E-state index contributed by atoms with van der Waals surface area (Å²) in [5.74, 6) is 5.02. The molecule has 1 unspecified atom stereocenters. The number of nitrogens with zero attached hydrogens (tertiary/aromatic N) is 1. The van der Waals surface area contributed by atoms with Crippen molar-refractivity contribution in [1.29, 1.82) is 0 Å². The molecule has 5 N–H and O–H groups in total. The Hall–Kier alpha value is -0.980. The topological polar surface area (TPSA) is 77.0 Å². The second-order valence-electron chi connectivity index (χ2n) is 3.07. The maximum atomic E-state index is 13.0. The molecular weight excluding hydrogens is 226 g/mol. The van der Waals surface area contributed by atoms with E-state index in [9.17, 15) is 8.78 Å². The molecule has 0 aromatic carbocycles. The normalized spacial score (nSPS) is 13.9. The number of halogens is 3. The lowest BCUT2D eigenvalue weighted by molar-refractivity contribution is 0.0496. The Kier molecular flexibility index (Phi) is 3.43. The average molecular weight is 237 g/mol. The number of nitrogens with two attached hydrogens (primary N) is 2. The van der Waals surface area contributed by atoms with Crippen LogP contribution in [0.15, 0.2) is 12.3 Å². The number of nitrogens with one attached hydrogen (secondary N) is 1. The molecule has 0 aliphatic carbocycles.